The van der Waals surface area contributed by atoms with E-state index in [0.717, 1.165) is 12.1 Å². The van der Waals surface area contributed by atoms with Crippen LogP contribution in [-0.4, -0.2) is 18.2 Å². The molecule has 0 aliphatic heterocycles. The topological polar surface area (TPSA) is 55.8 Å². The molecule has 23 heavy (non-hydrogen) atoms. The second-order valence-corrected chi connectivity index (χ2v) is 4.68. The van der Waals surface area contributed by atoms with E-state index in [1.807, 2.05) is 0 Å². The van der Waals surface area contributed by atoms with E-state index < -0.39 is 29.2 Å². The van der Waals surface area contributed by atoms with Crippen molar-refractivity contribution in [3.63, 3.8) is 0 Å². The van der Waals surface area contributed by atoms with Crippen LogP contribution >= 0.6 is 0 Å². The van der Waals surface area contributed by atoms with Gasteiger partial charge in [0.1, 0.15) is 22.8 Å². The van der Waals surface area contributed by atoms with E-state index in [1.165, 1.54) is 19.2 Å². The van der Waals surface area contributed by atoms with Crippen LogP contribution in [0.3, 0.4) is 0 Å². The largest absolute Gasteiger partial charge is 0.508 e. The molecule has 0 bridgehead atoms. The van der Waals surface area contributed by atoms with E-state index in [0.29, 0.717) is 11.6 Å². The Morgan fingerprint density at radius 3 is 2.57 bits per heavy atom. The van der Waals surface area contributed by atoms with Gasteiger partial charge in [-0.15, -0.1) is 0 Å². The zero-order valence-electron chi connectivity index (χ0n) is 12.1. The van der Waals surface area contributed by atoms with Crippen LogP contribution in [0.5, 0.6) is 17.2 Å². The number of benzene rings is 2. The lowest BCUT2D eigenvalue weighted by molar-refractivity contribution is -0.140. The van der Waals surface area contributed by atoms with E-state index in [9.17, 15) is 23.1 Å². The number of alkyl halides is 3. The van der Waals surface area contributed by atoms with Gasteiger partial charge in [0.15, 0.2) is 0 Å². The number of aromatic hydroxyl groups is 1. The summed E-state index contributed by atoms with van der Waals surface area (Å²) < 4.78 is 48.7. The van der Waals surface area contributed by atoms with Gasteiger partial charge in [-0.2, -0.15) is 13.2 Å². The molecule has 2 aromatic rings. The van der Waals surface area contributed by atoms with Gasteiger partial charge in [0.25, 0.3) is 0 Å². The fourth-order valence-electron chi connectivity index (χ4n) is 1.91. The molecule has 7 heteroatoms. The highest BCUT2D eigenvalue weighted by Crippen LogP contribution is 2.40. The normalized spacial score (nSPS) is 11.1. The molecule has 0 saturated heterocycles. The van der Waals surface area contributed by atoms with Crippen LogP contribution < -0.4 is 4.74 Å². The maximum atomic E-state index is 13.0. The quantitative estimate of drug-likeness (QED) is 0.865. The van der Waals surface area contributed by atoms with Gasteiger partial charge in [-0.1, -0.05) is 12.1 Å². The summed E-state index contributed by atoms with van der Waals surface area (Å²) in [5, 5.41) is 9.23. The minimum Gasteiger partial charge on any atom is -0.508 e. The average molecular weight is 326 g/mol. The monoisotopic (exact) mass is 326 g/mol. The van der Waals surface area contributed by atoms with Crippen molar-refractivity contribution >= 4 is 5.97 Å². The smallest absolute Gasteiger partial charge is 0.420 e. The van der Waals surface area contributed by atoms with Crippen molar-refractivity contribution in [2.75, 3.05) is 7.11 Å². The molecule has 0 heterocycles. The third kappa shape index (κ3) is 4.38. The number of ether oxygens (including phenoxy) is 2. The predicted molar refractivity (Wildman–Crippen MR) is 75.3 cm³/mol. The summed E-state index contributed by atoms with van der Waals surface area (Å²) in [6.45, 7) is 0. The van der Waals surface area contributed by atoms with Gasteiger partial charge in [-0.05, 0) is 35.9 Å². The lowest BCUT2D eigenvalue weighted by atomic mass is 10.1. The van der Waals surface area contributed by atoms with Crippen molar-refractivity contribution in [3.05, 3.63) is 53.6 Å². The van der Waals surface area contributed by atoms with E-state index in [2.05, 4.69) is 4.74 Å². The zero-order valence-corrected chi connectivity index (χ0v) is 12.1. The van der Waals surface area contributed by atoms with Gasteiger partial charge in [-0.3, -0.25) is 4.79 Å². The molecule has 0 atom stereocenters. The first-order valence-corrected chi connectivity index (χ1v) is 6.53. The van der Waals surface area contributed by atoms with E-state index in [4.69, 9.17) is 4.74 Å². The summed E-state index contributed by atoms with van der Waals surface area (Å²) in [5.74, 6) is -1.28. The first-order valence-electron chi connectivity index (χ1n) is 6.53. The fraction of sp³-hybridized carbons (Fsp3) is 0.188. The number of carbonyl (C=O) groups excluding carboxylic acids is 1. The van der Waals surface area contributed by atoms with Gasteiger partial charge in [0.2, 0.25) is 0 Å². The SMILES string of the molecule is COC(=O)Cc1cccc(Oc2ccc(O)cc2C(F)(F)F)c1. The molecule has 122 valence electrons. The van der Waals surface area contributed by atoms with Gasteiger partial charge >= 0.3 is 12.1 Å². The Hall–Kier alpha value is -2.70. The first-order chi connectivity index (χ1) is 10.8. The number of phenolic OH excluding ortho intramolecular Hbond substituents is 1. The number of methoxy groups -OCH3 is 1. The van der Waals surface area contributed by atoms with Crippen molar-refractivity contribution in [1.29, 1.82) is 0 Å². The molecular weight excluding hydrogens is 313 g/mol. The van der Waals surface area contributed by atoms with Crippen molar-refractivity contribution in [2.45, 2.75) is 12.6 Å². The van der Waals surface area contributed by atoms with Crippen LogP contribution in [-0.2, 0) is 22.1 Å². The fourth-order valence-corrected chi connectivity index (χ4v) is 1.91. The molecule has 0 fully saturated rings. The summed E-state index contributed by atoms with van der Waals surface area (Å²) in [4.78, 5) is 11.2. The van der Waals surface area contributed by atoms with Gasteiger partial charge in [0.05, 0.1) is 13.5 Å². The predicted octanol–water partition coefficient (Wildman–Crippen LogP) is 3.92. The van der Waals surface area contributed by atoms with E-state index in [1.54, 1.807) is 12.1 Å². The van der Waals surface area contributed by atoms with Crippen LogP contribution in [0.1, 0.15) is 11.1 Å². The Morgan fingerprint density at radius 2 is 1.91 bits per heavy atom. The Balaban J connectivity index is 2.29. The summed E-state index contributed by atoms with van der Waals surface area (Å²) in [6, 6.07) is 8.83. The number of hydrogen-bond donors (Lipinski definition) is 1. The highest BCUT2D eigenvalue weighted by Gasteiger charge is 2.35. The molecule has 0 aromatic heterocycles. The molecule has 0 spiro atoms. The van der Waals surface area contributed by atoms with Crippen LogP contribution in [0.25, 0.3) is 0 Å². The highest BCUT2D eigenvalue weighted by atomic mass is 19.4. The third-order valence-corrected chi connectivity index (χ3v) is 2.97. The summed E-state index contributed by atoms with van der Waals surface area (Å²) >= 11 is 0. The first kappa shape index (κ1) is 16.7. The molecule has 0 unspecified atom stereocenters. The van der Waals surface area contributed by atoms with Crippen molar-refractivity contribution in [1.82, 2.24) is 0 Å². The molecule has 1 N–H and O–H groups in total. The Bertz CT molecular complexity index is 711. The molecule has 2 aromatic carbocycles. The number of carbonyl (C=O) groups is 1. The number of halogens is 3. The standard InChI is InChI=1S/C16H13F3O4/c1-22-15(21)8-10-3-2-4-12(7-10)23-14-6-5-11(20)9-13(14)16(17,18)19/h2-7,9,20H,8H2,1H3. The third-order valence-electron chi connectivity index (χ3n) is 2.97. The van der Waals surface area contributed by atoms with Gasteiger partial charge in [0, 0.05) is 0 Å². The minimum absolute atomic E-state index is 0.0184. The second kappa shape index (κ2) is 6.60. The van der Waals surface area contributed by atoms with Gasteiger partial charge < -0.3 is 14.6 Å². The van der Waals surface area contributed by atoms with Crippen molar-refractivity contribution in [2.24, 2.45) is 0 Å². The van der Waals surface area contributed by atoms with E-state index in [-0.39, 0.29) is 12.2 Å². The Kier molecular flexibility index (Phi) is 4.78. The Labute approximate surface area is 130 Å². The number of rotatable bonds is 4. The van der Waals surface area contributed by atoms with Crippen molar-refractivity contribution in [3.8, 4) is 17.2 Å². The van der Waals surface area contributed by atoms with Crippen LogP contribution in [0.15, 0.2) is 42.5 Å². The number of esters is 1. The van der Waals surface area contributed by atoms with Crippen LogP contribution in [0.2, 0.25) is 0 Å². The minimum atomic E-state index is -4.67. The van der Waals surface area contributed by atoms with E-state index >= 15 is 0 Å². The summed E-state index contributed by atoms with van der Waals surface area (Å²) in [5.41, 5.74) is -0.544. The maximum absolute atomic E-state index is 13.0. The van der Waals surface area contributed by atoms with Crippen LogP contribution in [0.4, 0.5) is 13.2 Å². The summed E-state index contributed by atoms with van der Waals surface area (Å²) in [6.07, 6.45) is -4.69. The number of phenols is 1. The molecule has 0 amide bonds. The lowest BCUT2D eigenvalue weighted by Crippen LogP contribution is -2.07. The molecule has 4 nitrogen and oxygen atoms in total. The molecule has 0 saturated carbocycles. The molecule has 0 aliphatic carbocycles. The van der Waals surface area contributed by atoms with Crippen molar-refractivity contribution < 1.29 is 32.5 Å². The summed E-state index contributed by atoms with van der Waals surface area (Å²) in [7, 11) is 1.24. The second-order valence-electron chi connectivity index (χ2n) is 4.68. The molecule has 2 rings (SSSR count). The molecular formula is C16H13F3O4. The zero-order chi connectivity index (χ0) is 17.0. The number of hydrogen-bond acceptors (Lipinski definition) is 4. The lowest BCUT2D eigenvalue weighted by Gasteiger charge is -2.14. The van der Waals surface area contributed by atoms with Gasteiger partial charge in [-0.25, -0.2) is 0 Å². The Morgan fingerprint density at radius 1 is 1.17 bits per heavy atom. The highest BCUT2D eigenvalue weighted by molar-refractivity contribution is 5.72. The average Bonchev–Trinajstić information content (AvgIpc) is 2.48. The van der Waals surface area contributed by atoms with Crippen LogP contribution in [0, 0.1) is 0 Å². The maximum Gasteiger partial charge on any atom is 0.420 e. The molecule has 0 aliphatic rings. The molecule has 0 radical (unpaired) electrons.